The van der Waals surface area contributed by atoms with E-state index in [9.17, 15) is 0 Å². The van der Waals surface area contributed by atoms with Crippen molar-refractivity contribution in [1.82, 2.24) is 20.3 Å². The minimum atomic E-state index is 0.225. The normalized spacial score (nSPS) is 12.7. The van der Waals surface area contributed by atoms with Crippen LogP contribution in [-0.2, 0) is 6.42 Å². The number of benzene rings is 1. The van der Waals surface area contributed by atoms with Crippen molar-refractivity contribution < 1.29 is 0 Å². The van der Waals surface area contributed by atoms with Crippen molar-refractivity contribution in [1.29, 1.82) is 0 Å². The quantitative estimate of drug-likeness (QED) is 0.918. The Labute approximate surface area is 125 Å². The van der Waals surface area contributed by atoms with E-state index < -0.39 is 0 Å². The summed E-state index contributed by atoms with van der Waals surface area (Å²) in [6, 6.07) is 6.21. The number of rotatable bonds is 5. The van der Waals surface area contributed by atoms with Crippen molar-refractivity contribution in [3.63, 3.8) is 0 Å². The van der Waals surface area contributed by atoms with Crippen LogP contribution in [0.2, 0.25) is 5.02 Å². The first-order valence-corrected chi connectivity index (χ1v) is 7.38. The third-order valence-corrected chi connectivity index (χ3v) is 3.85. The lowest BCUT2D eigenvalue weighted by Gasteiger charge is -2.13. The van der Waals surface area contributed by atoms with E-state index in [0.717, 1.165) is 35.5 Å². The Hall–Kier alpha value is -1.39. The molecule has 1 heterocycles. The van der Waals surface area contributed by atoms with Gasteiger partial charge in [-0.2, -0.15) is 0 Å². The van der Waals surface area contributed by atoms with Gasteiger partial charge in [-0.25, -0.2) is 4.68 Å². The number of nitrogens with one attached hydrogen (secondary N) is 1. The molecule has 0 fully saturated rings. The van der Waals surface area contributed by atoms with Crippen LogP contribution >= 0.6 is 11.6 Å². The minimum absolute atomic E-state index is 0.225. The molecule has 2 rings (SSSR count). The van der Waals surface area contributed by atoms with Gasteiger partial charge in [0, 0.05) is 0 Å². The Balaban J connectivity index is 2.52. The molecule has 0 saturated carbocycles. The number of hydrogen-bond acceptors (Lipinski definition) is 3. The van der Waals surface area contributed by atoms with Gasteiger partial charge in [0.05, 0.1) is 22.4 Å². The Bertz CT molecular complexity index is 588. The zero-order valence-corrected chi connectivity index (χ0v) is 13.2. The number of aryl methyl sites for hydroxylation is 1. The van der Waals surface area contributed by atoms with E-state index >= 15 is 0 Å². The van der Waals surface area contributed by atoms with Crippen LogP contribution in [0.1, 0.15) is 43.3 Å². The van der Waals surface area contributed by atoms with E-state index in [1.165, 1.54) is 0 Å². The molecule has 1 aromatic heterocycles. The summed E-state index contributed by atoms with van der Waals surface area (Å²) < 4.78 is 1.86. The van der Waals surface area contributed by atoms with Crippen LogP contribution in [0, 0.1) is 6.92 Å². The highest BCUT2D eigenvalue weighted by Gasteiger charge is 2.20. The van der Waals surface area contributed by atoms with Crippen molar-refractivity contribution in [3.05, 3.63) is 40.2 Å². The van der Waals surface area contributed by atoms with Crippen LogP contribution in [0.5, 0.6) is 0 Å². The molecule has 0 aliphatic heterocycles. The number of halogens is 1. The van der Waals surface area contributed by atoms with Gasteiger partial charge in [-0.05, 0) is 44.5 Å². The molecular formula is C15H21ClN4. The zero-order chi connectivity index (χ0) is 14.7. The predicted octanol–water partition coefficient (Wildman–Crippen LogP) is 3.46. The summed E-state index contributed by atoms with van der Waals surface area (Å²) in [7, 11) is 1.95. The molecule has 108 valence electrons. The molecular weight excluding hydrogens is 272 g/mol. The molecule has 1 unspecified atom stereocenters. The van der Waals surface area contributed by atoms with E-state index in [0.29, 0.717) is 5.02 Å². The summed E-state index contributed by atoms with van der Waals surface area (Å²) in [6.45, 7) is 6.28. The van der Waals surface area contributed by atoms with Crippen LogP contribution in [-0.4, -0.2) is 22.0 Å². The number of hydrogen-bond donors (Lipinski definition) is 1. The van der Waals surface area contributed by atoms with E-state index in [1.807, 2.05) is 36.9 Å². The van der Waals surface area contributed by atoms with Crippen molar-refractivity contribution in [2.45, 2.75) is 39.7 Å². The summed E-state index contributed by atoms with van der Waals surface area (Å²) in [6.07, 6.45) is 1.84. The summed E-state index contributed by atoms with van der Waals surface area (Å²) in [5.74, 6) is 0. The third-order valence-electron chi connectivity index (χ3n) is 3.55. The van der Waals surface area contributed by atoms with Crippen LogP contribution in [0.25, 0.3) is 5.69 Å². The van der Waals surface area contributed by atoms with Gasteiger partial charge in [-0.15, -0.1) is 5.10 Å². The molecule has 1 atom stereocenters. The van der Waals surface area contributed by atoms with E-state index in [1.54, 1.807) is 0 Å². The van der Waals surface area contributed by atoms with E-state index in [2.05, 4.69) is 29.5 Å². The second-order valence-electron chi connectivity index (χ2n) is 4.89. The van der Waals surface area contributed by atoms with Crippen molar-refractivity contribution >= 4 is 11.6 Å². The lowest BCUT2D eigenvalue weighted by Crippen LogP contribution is -2.17. The SMILES string of the molecule is CCc1c(C(CC)NC)nnn1-c1ccc(C)cc1Cl. The summed E-state index contributed by atoms with van der Waals surface area (Å²) in [4.78, 5) is 0. The first-order chi connectivity index (χ1) is 9.62. The van der Waals surface area contributed by atoms with Crippen LogP contribution < -0.4 is 5.32 Å². The summed E-state index contributed by atoms with van der Waals surface area (Å²) >= 11 is 6.35. The third kappa shape index (κ3) is 2.72. The molecule has 0 saturated heterocycles. The van der Waals surface area contributed by atoms with Gasteiger partial charge in [-0.3, -0.25) is 0 Å². The largest absolute Gasteiger partial charge is 0.312 e. The number of aromatic nitrogens is 3. The molecule has 0 radical (unpaired) electrons. The van der Waals surface area contributed by atoms with Crippen LogP contribution in [0.15, 0.2) is 18.2 Å². The zero-order valence-electron chi connectivity index (χ0n) is 12.4. The van der Waals surface area contributed by atoms with E-state index in [4.69, 9.17) is 11.6 Å². The fourth-order valence-corrected chi connectivity index (χ4v) is 2.74. The van der Waals surface area contributed by atoms with E-state index in [-0.39, 0.29) is 6.04 Å². The second-order valence-corrected chi connectivity index (χ2v) is 5.30. The standard InChI is InChI=1S/C15H21ClN4/c1-5-12(17-4)15-13(6-2)20(19-18-15)14-8-7-10(3)9-11(14)16/h7-9,12,17H,5-6H2,1-4H3. The fourth-order valence-electron chi connectivity index (χ4n) is 2.43. The molecule has 4 nitrogen and oxygen atoms in total. The molecule has 20 heavy (non-hydrogen) atoms. The minimum Gasteiger partial charge on any atom is -0.312 e. The maximum Gasteiger partial charge on any atom is 0.103 e. The number of nitrogens with zero attached hydrogens (tertiary/aromatic N) is 3. The molecule has 0 bridgehead atoms. The van der Waals surface area contributed by atoms with Crippen LogP contribution in [0.4, 0.5) is 0 Å². The lowest BCUT2D eigenvalue weighted by atomic mass is 10.1. The first-order valence-electron chi connectivity index (χ1n) is 7.00. The highest BCUT2D eigenvalue weighted by atomic mass is 35.5. The highest BCUT2D eigenvalue weighted by molar-refractivity contribution is 6.32. The van der Waals surface area contributed by atoms with Gasteiger partial charge in [0.25, 0.3) is 0 Å². The average molecular weight is 293 g/mol. The van der Waals surface area contributed by atoms with Gasteiger partial charge >= 0.3 is 0 Å². The molecule has 0 amide bonds. The molecule has 0 spiro atoms. The van der Waals surface area contributed by atoms with Crippen molar-refractivity contribution in [2.75, 3.05) is 7.05 Å². The predicted molar refractivity (Wildman–Crippen MR) is 82.6 cm³/mol. The van der Waals surface area contributed by atoms with Gasteiger partial charge in [0.15, 0.2) is 0 Å². The van der Waals surface area contributed by atoms with Gasteiger partial charge in [0.2, 0.25) is 0 Å². The Morgan fingerprint density at radius 3 is 2.65 bits per heavy atom. The summed E-state index contributed by atoms with van der Waals surface area (Å²) in [5, 5.41) is 12.7. The smallest absolute Gasteiger partial charge is 0.103 e. The van der Waals surface area contributed by atoms with Gasteiger partial charge in [0.1, 0.15) is 5.69 Å². The summed E-state index contributed by atoms with van der Waals surface area (Å²) in [5.41, 5.74) is 4.14. The second kappa shape index (κ2) is 6.37. The highest BCUT2D eigenvalue weighted by Crippen LogP contribution is 2.26. The Morgan fingerprint density at radius 1 is 1.35 bits per heavy atom. The van der Waals surface area contributed by atoms with Crippen LogP contribution in [0.3, 0.4) is 0 Å². The lowest BCUT2D eigenvalue weighted by molar-refractivity contribution is 0.555. The maximum absolute atomic E-state index is 6.35. The van der Waals surface area contributed by atoms with Crippen molar-refractivity contribution in [3.8, 4) is 5.69 Å². The Morgan fingerprint density at radius 2 is 2.10 bits per heavy atom. The molecule has 1 N–H and O–H groups in total. The molecule has 0 aliphatic rings. The van der Waals surface area contributed by atoms with Crippen molar-refractivity contribution in [2.24, 2.45) is 0 Å². The molecule has 0 aliphatic carbocycles. The first kappa shape index (κ1) is 15.0. The fraction of sp³-hybridized carbons (Fsp3) is 0.467. The van der Waals surface area contributed by atoms with Gasteiger partial charge < -0.3 is 5.32 Å². The van der Waals surface area contributed by atoms with Gasteiger partial charge in [-0.1, -0.05) is 36.7 Å². The maximum atomic E-state index is 6.35. The molecule has 1 aromatic carbocycles. The Kier molecular flexibility index (Phi) is 4.78. The molecule has 5 heteroatoms. The monoisotopic (exact) mass is 292 g/mol. The molecule has 2 aromatic rings. The topological polar surface area (TPSA) is 42.7 Å². The average Bonchev–Trinajstić information content (AvgIpc) is 2.84.